The molecule has 1 aliphatic rings. The SMILES string of the molecule is COC(=O)c1ccc(CNC(=O)C(C)N2CCN(Cc3ccc(Br)s3)CC2)cc1. The third-order valence-corrected chi connectivity index (χ3v) is 6.79. The van der Waals surface area contributed by atoms with Gasteiger partial charge in [-0.25, -0.2) is 4.79 Å². The molecule has 3 rings (SSSR count). The summed E-state index contributed by atoms with van der Waals surface area (Å²) in [5.74, 6) is -0.335. The van der Waals surface area contributed by atoms with Crippen LogP contribution in [0, 0.1) is 0 Å². The Kier molecular flexibility index (Phi) is 7.83. The van der Waals surface area contributed by atoms with E-state index in [9.17, 15) is 9.59 Å². The standard InChI is InChI=1S/C21H26BrN3O3S/c1-15(20(26)23-13-16-3-5-17(6-4-16)21(27)28-2)25-11-9-24(10-12-25)14-18-7-8-19(22)29-18/h3-8,15H,9-14H2,1-2H3,(H,23,26). The minimum Gasteiger partial charge on any atom is -0.465 e. The number of carbonyl (C=O) groups excluding carboxylic acids is 2. The van der Waals surface area contributed by atoms with E-state index in [2.05, 4.69) is 43.2 Å². The first kappa shape index (κ1) is 22.0. The van der Waals surface area contributed by atoms with Crippen LogP contribution in [0.25, 0.3) is 0 Å². The first-order chi connectivity index (χ1) is 14.0. The summed E-state index contributed by atoms with van der Waals surface area (Å²) < 4.78 is 5.86. The fourth-order valence-corrected chi connectivity index (χ4v) is 4.87. The zero-order valence-electron chi connectivity index (χ0n) is 16.7. The monoisotopic (exact) mass is 479 g/mol. The Bertz CT molecular complexity index is 832. The van der Waals surface area contributed by atoms with E-state index >= 15 is 0 Å². The van der Waals surface area contributed by atoms with Crippen molar-refractivity contribution in [3.05, 3.63) is 56.2 Å². The molecule has 2 aromatic rings. The van der Waals surface area contributed by atoms with Crippen molar-refractivity contribution in [2.24, 2.45) is 0 Å². The minimum absolute atomic E-state index is 0.0256. The summed E-state index contributed by atoms with van der Waals surface area (Å²) in [7, 11) is 1.36. The van der Waals surface area contributed by atoms with Gasteiger partial charge in [0.05, 0.1) is 22.5 Å². The topological polar surface area (TPSA) is 61.9 Å². The number of carbonyl (C=O) groups is 2. The van der Waals surface area contributed by atoms with Crippen LogP contribution in [0.1, 0.15) is 27.7 Å². The van der Waals surface area contributed by atoms with Crippen molar-refractivity contribution >= 4 is 39.1 Å². The molecule has 29 heavy (non-hydrogen) atoms. The summed E-state index contributed by atoms with van der Waals surface area (Å²) in [4.78, 5) is 30.1. The third-order valence-electron chi connectivity index (χ3n) is 5.18. The Morgan fingerprint density at radius 2 is 1.83 bits per heavy atom. The molecule has 1 aromatic heterocycles. The Morgan fingerprint density at radius 1 is 1.14 bits per heavy atom. The van der Waals surface area contributed by atoms with Crippen LogP contribution in [0.2, 0.25) is 0 Å². The van der Waals surface area contributed by atoms with E-state index in [1.807, 2.05) is 19.1 Å². The second-order valence-corrected chi connectivity index (χ2v) is 9.65. The number of hydrogen-bond donors (Lipinski definition) is 1. The Balaban J connectivity index is 1.42. The first-order valence-corrected chi connectivity index (χ1v) is 11.2. The van der Waals surface area contributed by atoms with Crippen LogP contribution in [0.5, 0.6) is 0 Å². The lowest BCUT2D eigenvalue weighted by Crippen LogP contribution is -2.53. The molecular formula is C21H26BrN3O3S. The van der Waals surface area contributed by atoms with E-state index in [0.29, 0.717) is 12.1 Å². The Hall–Kier alpha value is -1.74. The number of piperazine rings is 1. The van der Waals surface area contributed by atoms with Crippen molar-refractivity contribution in [3.63, 3.8) is 0 Å². The molecule has 1 saturated heterocycles. The number of halogens is 1. The molecule has 0 aliphatic carbocycles. The number of methoxy groups -OCH3 is 1. The number of nitrogens with one attached hydrogen (secondary N) is 1. The number of rotatable bonds is 7. The number of ether oxygens (including phenoxy) is 1. The molecule has 2 heterocycles. The van der Waals surface area contributed by atoms with Gasteiger partial charge in [-0.1, -0.05) is 12.1 Å². The molecule has 1 aliphatic heterocycles. The quantitative estimate of drug-likeness (QED) is 0.618. The molecule has 1 aromatic carbocycles. The maximum Gasteiger partial charge on any atom is 0.337 e. The summed E-state index contributed by atoms with van der Waals surface area (Å²) in [5, 5.41) is 3.00. The van der Waals surface area contributed by atoms with Gasteiger partial charge in [-0.15, -0.1) is 11.3 Å². The molecule has 0 saturated carbocycles. The Morgan fingerprint density at radius 3 is 2.41 bits per heavy atom. The number of amides is 1. The molecule has 1 unspecified atom stereocenters. The smallest absolute Gasteiger partial charge is 0.337 e. The molecule has 1 atom stereocenters. The number of esters is 1. The zero-order chi connectivity index (χ0) is 20.8. The van der Waals surface area contributed by atoms with Crippen LogP contribution in [-0.4, -0.2) is 61.0 Å². The van der Waals surface area contributed by atoms with Gasteiger partial charge >= 0.3 is 5.97 Å². The fraction of sp³-hybridized carbons (Fsp3) is 0.429. The summed E-state index contributed by atoms with van der Waals surface area (Å²) in [6, 6.07) is 11.2. The van der Waals surface area contributed by atoms with Crippen molar-refractivity contribution in [1.82, 2.24) is 15.1 Å². The zero-order valence-corrected chi connectivity index (χ0v) is 19.1. The highest BCUT2D eigenvalue weighted by atomic mass is 79.9. The minimum atomic E-state index is -0.361. The van der Waals surface area contributed by atoms with Crippen molar-refractivity contribution in [1.29, 1.82) is 0 Å². The van der Waals surface area contributed by atoms with Gasteiger partial charge in [-0.3, -0.25) is 14.6 Å². The van der Waals surface area contributed by atoms with E-state index < -0.39 is 0 Å². The molecule has 0 spiro atoms. The summed E-state index contributed by atoms with van der Waals surface area (Å²) in [6.07, 6.45) is 0. The number of benzene rings is 1. The second kappa shape index (κ2) is 10.3. The van der Waals surface area contributed by atoms with Crippen LogP contribution in [-0.2, 0) is 22.6 Å². The van der Waals surface area contributed by atoms with Crippen LogP contribution in [0.3, 0.4) is 0 Å². The van der Waals surface area contributed by atoms with Crippen molar-refractivity contribution in [3.8, 4) is 0 Å². The van der Waals surface area contributed by atoms with E-state index in [1.165, 1.54) is 12.0 Å². The summed E-state index contributed by atoms with van der Waals surface area (Å²) in [5.41, 5.74) is 1.45. The predicted octanol–water partition coefficient (Wildman–Crippen LogP) is 3.12. The van der Waals surface area contributed by atoms with Gasteiger partial charge in [0.15, 0.2) is 0 Å². The van der Waals surface area contributed by atoms with E-state index in [4.69, 9.17) is 4.74 Å². The normalized spacial score (nSPS) is 16.4. The number of nitrogens with zero attached hydrogens (tertiary/aromatic N) is 2. The highest BCUT2D eigenvalue weighted by Gasteiger charge is 2.25. The van der Waals surface area contributed by atoms with Gasteiger partial charge in [0.25, 0.3) is 0 Å². The van der Waals surface area contributed by atoms with Crippen LogP contribution in [0.4, 0.5) is 0 Å². The van der Waals surface area contributed by atoms with Gasteiger partial charge in [-0.05, 0) is 52.7 Å². The largest absolute Gasteiger partial charge is 0.465 e. The Labute approximate surface area is 184 Å². The molecule has 1 fully saturated rings. The molecule has 1 amide bonds. The van der Waals surface area contributed by atoms with E-state index in [0.717, 1.165) is 42.1 Å². The van der Waals surface area contributed by atoms with Crippen molar-refractivity contribution < 1.29 is 14.3 Å². The van der Waals surface area contributed by atoms with Gasteiger partial charge in [0.2, 0.25) is 5.91 Å². The first-order valence-electron chi connectivity index (χ1n) is 9.62. The van der Waals surface area contributed by atoms with Gasteiger partial charge < -0.3 is 10.1 Å². The predicted molar refractivity (Wildman–Crippen MR) is 118 cm³/mol. The van der Waals surface area contributed by atoms with Crippen molar-refractivity contribution in [2.75, 3.05) is 33.3 Å². The highest BCUT2D eigenvalue weighted by molar-refractivity contribution is 9.11. The average molecular weight is 480 g/mol. The lowest BCUT2D eigenvalue weighted by Gasteiger charge is -2.37. The molecule has 8 heteroatoms. The molecule has 0 radical (unpaired) electrons. The van der Waals surface area contributed by atoms with Crippen LogP contribution >= 0.6 is 27.3 Å². The van der Waals surface area contributed by atoms with E-state index in [-0.39, 0.29) is 17.9 Å². The average Bonchev–Trinajstić information content (AvgIpc) is 3.16. The molecule has 1 N–H and O–H groups in total. The number of hydrogen-bond acceptors (Lipinski definition) is 6. The summed E-state index contributed by atoms with van der Waals surface area (Å²) in [6.45, 7) is 7.06. The maximum atomic E-state index is 12.6. The van der Waals surface area contributed by atoms with Crippen molar-refractivity contribution in [2.45, 2.75) is 26.1 Å². The second-order valence-electron chi connectivity index (χ2n) is 7.10. The van der Waals surface area contributed by atoms with E-state index in [1.54, 1.807) is 23.5 Å². The lowest BCUT2D eigenvalue weighted by atomic mass is 10.1. The maximum absolute atomic E-state index is 12.6. The molecule has 0 bridgehead atoms. The lowest BCUT2D eigenvalue weighted by molar-refractivity contribution is -0.126. The van der Waals surface area contributed by atoms with Gasteiger partial charge in [0, 0.05) is 44.1 Å². The molecule has 156 valence electrons. The van der Waals surface area contributed by atoms with Gasteiger partial charge in [-0.2, -0.15) is 0 Å². The third kappa shape index (κ3) is 6.12. The van der Waals surface area contributed by atoms with Gasteiger partial charge in [0.1, 0.15) is 0 Å². The molecule has 6 nitrogen and oxygen atoms in total. The van der Waals surface area contributed by atoms with Crippen LogP contribution < -0.4 is 5.32 Å². The molecular weight excluding hydrogens is 454 g/mol. The van der Waals surface area contributed by atoms with Crippen LogP contribution in [0.15, 0.2) is 40.2 Å². The number of thiophene rings is 1. The fourth-order valence-electron chi connectivity index (χ4n) is 3.35. The highest BCUT2D eigenvalue weighted by Crippen LogP contribution is 2.23. The summed E-state index contributed by atoms with van der Waals surface area (Å²) >= 11 is 5.29.